The van der Waals surface area contributed by atoms with Gasteiger partial charge in [0.15, 0.2) is 11.6 Å². The summed E-state index contributed by atoms with van der Waals surface area (Å²) in [5.74, 6) is -2.80. The minimum Gasteiger partial charge on any atom is -0.478 e. The third kappa shape index (κ3) is 3.37. The van der Waals surface area contributed by atoms with Crippen LogP contribution in [0.2, 0.25) is 0 Å². The van der Waals surface area contributed by atoms with E-state index in [2.05, 4.69) is 5.32 Å². The molecule has 1 unspecified atom stereocenters. The van der Waals surface area contributed by atoms with Gasteiger partial charge in [0.05, 0.1) is 11.3 Å². The highest BCUT2D eigenvalue weighted by Gasteiger charge is 2.19. The van der Waals surface area contributed by atoms with Gasteiger partial charge in [0.25, 0.3) is 0 Å². The van der Waals surface area contributed by atoms with Gasteiger partial charge in [-0.05, 0) is 30.7 Å². The molecule has 1 atom stereocenters. The molecule has 1 saturated heterocycles. The molecule has 0 aromatic heterocycles. The van der Waals surface area contributed by atoms with E-state index < -0.39 is 23.2 Å². The van der Waals surface area contributed by atoms with Crippen LogP contribution in [0.5, 0.6) is 0 Å². The van der Waals surface area contributed by atoms with Crippen molar-refractivity contribution in [3.8, 4) is 0 Å². The van der Waals surface area contributed by atoms with Crippen LogP contribution < -0.4 is 5.32 Å². The zero-order valence-corrected chi connectivity index (χ0v) is 11.1. The van der Waals surface area contributed by atoms with Crippen molar-refractivity contribution in [2.75, 3.05) is 17.6 Å². The Labute approximate surface area is 114 Å². The molecular formula is C13H15F2NO2S. The highest BCUT2D eigenvalue weighted by atomic mass is 32.2. The van der Waals surface area contributed by atoms with E-state index in [0.717, 1.165) is 24.7 Å². The first-order valence-corrected chi connectivity index (χ1v) is 7.21. The second-order valence-corrected chi connectivity index (χ2v) is 5.87. The molecule has 3 nitrogen and oxygen atoms in total. The van der Waals surface area contributed by atoms with Crippen LogP contribution in [0.4, 0.5) is 14.5 Å². The Morgan fingerprint density at radius 2 is 2.16 bits per heavy atom. The Morgan fingerprint density at radius 3 is 2.79 bits per heavy atom. The van der Waals surface area contributed by atoms with E-state index in [1.807, 2.05) is 11.8 Å². The minimum atomic E-state index is -1.47. The molecule has 19 heavy (non-hydrogen) atoms. The lowest BCUT2D eigenvalue weighted by molar-refractivity contribution is 0.0690. The maximum atomic E-state index is 13.7. The summed E-state index contributed by atoms with van der Waals surface area (Å²) >= 11 is 1.83. The zero-order valence-electron chi connectivity index (χ0n) is 10.3. The van der Waals surface area contributed by atoms with Gasteiger partial charge < -0.3 is 10.4 Å². The van der Waals surface area contributed by atoms with E-state index in [1.165, 1.54) is 12.5 Å². The third-order valence-electron chi connectivity index (χ3n) is 3.11. The molecule has 1 heterocycles. The van der Waals surface area contributed by atoms with Gasteiger partial charge in [-0.3, -0.25) is 0 Å². The molecule has 0 aliphatic carbocycles. The summed E-state index contributed by atoms with van der Waals surface area (Å²) in [6, 6.07) is 2.35. The quantitative estimate of drug-likeness (QED) is 0.891. The smallest absolute Gasteiger partial charge is 0.338 e. The Kier molecular flexibility index (Phi) is 4.63. The van der Waals surface area contributed by atoms with Crippen LogP contribution in [0.3, 0.4) is 0 Å². The monoisotopic (exact) mass is 287 g/mol. The highest BCUT2D eigenvalue weighted by molar-refractivity contribution is 7.99. The minimum absolute atomic E-state index is 0.0219. The van der Waals surface area contributed by atoms with Crippen molar-refractivity contribution < 1.29 is 18.7 Å². The van der Waals surface area contributed by atoms with Crippen molar-refractivity contribution in [3.05, 3.63) is 29.3 Å². The molecular weight excluding hydrogens is 272 g/mol. The number of thioether (sulfide) groups is 1. The zero-order chi connectivity index (χ0) is 13.8. The molecule has 2 rings (SSSR count). The molecule has 0 saturated carbocycles. The average Bonchev–Trinajstić information content (AvgIpc) is 2.41. The van der Waals surface area contributed by atoms with Gasteiger partial charge in [-0.2, -0.15) is 11.8 Å². The molecule has 1 aromatic carbocycles. The summed E-state index contributed by atoms with van der Waals surface area (Å²) < 4.78 is 27.1. The summed E-state index contributed by atoms with van der Waals surface area (Å²) in [7, 11) is 0. The SMILES string of the molecule is O=C(O)c1ccc(NCC2CCCCS2)c(F)c1F. The summed E-state index contributed by atoms with van der Waals surface area (Å²) in [5, 5.41) is 11.9. The van der Waals surface area contributed by atoms with E-state index in [4.69, 9.17) is 5.11 Å². The molecule has 0 amide bonds. The third-order valence-corrected chi connectivity index (χ3v) is 4.51. The molecule has 104 valence electrons. The fourth-order valence-electron chi connectivity index (χ4n) is 2.04. The number of halogens is 2. The maximum absolute atomic E-state index is 13.7. The number of benzene rings is 1. The topological polar surface area (TPSA) is 49.3 Å². The van der Waals surface area contributed by atoms with Gasteiger partial charge in [-0.25, -0.2) is 13.6 Å². The van der Waals surface area contributed by atoms with Gasteiger partial charge in [-0.15, -0.1) is 0 Å². The molecule has 2 N–H and O–H groups in total. The molecule has 1 aliphatic heterocycles. The first-order valence-electron chi connectivity index (χ1n) is 6.16. The second kappa shape index (κ2) is 6.23. The van der Waals surface area contributed by atoms with E-state index >= 15 is 0 Å². The molecule has 1 aliphatic rings. The Balaban J connectivity index is 2.04. The predicted molar refractivity (Wildman–Crippen MR) is 71.9 cm³/mol. The molecule has 1 fully saturated rings. The normalized spacial score (nSPS) is 19.2. The summed E-state index contributed by atoms with van der Waals surface area (Å²) in [6.45, 7) is 0.563. The predicted octanol–water partition coefficient (Wildman–Crippen LogP) is 3.36. The number of carboxylic acids is 1. The van der Waals surface area contributed by atoms with Crippen LogP contribution in [0, 0.1) is 11.6 Å². The number of rotatable bonds is 4. The maximum Gasteiger partial charge on any atom is 0.338 e. The highest BCUT2D eigenvalue weighted by Crippen LogP contribution is 2.26. The van der Waals surface area contributed by atoms with Crippen LogP contribution in [0.25, 0.3) is 0 Å². The van der Waals surface area contributed by atoms with Crippen molar-refractivity contribution in [1.29, 1.82) is 0 Å². The lowest BCUT2D eigenvalue weighted by Crippen LogP contribution is -2.20. The van der Waals surface area contributed by atoms with E-state index in [9.17, 15) is 13.6 Å². The Hall–Kier alpha value is -1.30. The van der Waals surface area contributed by atoms with Crippen LogP contribution in [0.1, 0.15) is 29.6 Å². The fraction of sp³-hybridized carbons (Fsp3) is 0.462. The Bertz CT molecular complexity index is 476. The van der Waals surface area contributed by atoms with E-state index in [-0.39, 0.29) is 5.69 Å². The first-order chi connectivity index (χ1) is 9.09. The van der Waals surface area contributed by atoms with Crippen LogP contribution in [0.15, 0.2) is 12.1 Å². The largest absolute Gasteiger partial charge is 0.478 e. The summed E-state index contributed by atoms with van der Waals surface area (Å²) in [6.07, 6.45) is 3.43. The fourth-order valence-corrected chi connectivity index (χ4v) is 3.28. The van der Waals surface area contributed by atoms with Crippen molar-refractivity contribution >= 4 is 23.4 Å². The number of carbonyl (C=O) groups is 1. The van der Waals surface area contributed by atoms with Gasteiger partial charge in [0.2, 0.25) is 0 Å². The first kappa shape index (κ1) is 14.1. The number of hydrogen-bond donors (Lipinski definition) is 2. The van der Waals surface area contributed by atoms with Gasteiger partial charge in [-0.1, -0.05) is 6.42 Å². The molecule has 0 radical (unpaired) electrons. The number of hydrogen-bond acceptors (Lipinski definition) is 3. The lowest BCUT2D eigenvalue weighted by atomic mass is 10.1. The number of aromatic carboxylic acids is 1. The van der Waals surface area contributed by atoms with Gasteiger partial charge in [0.1, 0.15) is 0 Å². The van der Waals surface area contributed by atoms with Crippen molar-refractivity contribution in [2.45, 2.75) is 24.5 Å². The average molecular weight is 287 g/mol. The number of anilines is 1. The van der Waals surface area contributed by atoms with Crippen molar-refractivity contribution in [1.82, 2.24) is 0 Å². The van der Waals surface area contributed by atoms with Crippen molar-refractivity contribution in [2.24, 2.45) is 0 Å². The van der Waals surface area contributed by atoms with Crippen LogP contribution in [-0.2, 0) is 0 Å². The van der Waals surface area contributed by atoms with Crippen molar-refractivity contribution in [3.63, 3.8) is 0 Å². The van der Waals surface area contributed by atoms with Gasteiger partial charge in [0, 0.05) is 11.8 Å². The summed E-state index contributed by atoms with van der Waals surface area (Å²) in [4.78, 5) is 10.7. The standard InChI is InChI=1S/C13H15F2NO2S/c14-11-9(13(17)18)4-5-10(12(11)15)16-7-8-3-1-2-6-19-8/h4-5,8,16H,1-3,6-7H2,(H,17,18). The summed E-state index contributed by atoms with van der Waals surface area (Å²) in [5.41, 5.74) is -0.622. The lowest BCUT2D eigenvalue weighted by Gasteiger charge is -2.22. The molecule has 1 aromatic rings. The van der Waals surface area contributed by atoms with Crippen LogP contribution >= 0.6 is 11.8 Å². The van der Waals surface area contributed by atoms with E-state index in [0.29, 0.717) is 11.8 Å². The van der Waals surface area contributed by atoms with E-state index in [1.54, 1.807) is 0 Å². The Morgan fingerprint density at radius 1 is 1.37 bits per heavy atom. The molecule has 0 bridgehead atoms. The second-order valence-electron chi connectivity index (χ2n) is 4.46. The van der Waals surface area contributed by atoms with Gasteiger partial charge >= 0.3 is 5.97 Å². The van der Waals surface area contributed by atoms with Crippen LogP contribution in [-0.4, -0.2) is 28.6 Å². The number of nitrogens with one attached hydrogen (secondary N) is 1. The number of carboxylic acid groups (broad SMARTS) is 1. The molecule has 6 heteroatoms. The molecule has 0 spiro atoms.